The maximum Gasteiger partial charge on any atom is 0.255 e. The number of pyridine rings is 2. The van der Waals surface area contributed by atoms with E-state index in [2.05, 4.69) is 15.3 Å². The summed E-state index contributed by atoms with van der Waals surface area (Å²) in [5, 5.41) is 5.71. The Bertz CT molecular complexity index is 892. The molecule has 1 unspecified atom stereocenters. The maximum atomic E-state index is 11.9. The highest BCUT2D eigenvalue weighted by molar-refractivity contribution is 6.42. The molecule has 0 bridgehead atoms. The summed E-state index contributed by atoms with van der Waals surface area (Å²) in [4.78, 5) is 18.8. The van der Waals surface area contributed by atoms with Crippen molar-refractivity contribution in [3.05, 3.63) is 68.8 Å². The van der Waals surface area contributed by atoms with Crippen molar-refractivity contribution in [2.45, 2.75) is 13.0 Å². The lowest BCUT2D eigenvalue weighted by Gasteiger charge is -2.16. The summed E-state index contributed by atoms with van der Waals surface area (Å²) in [6.07, 6.45) is 3.25. The predicted molar refractivity (Wildman–Crippen MR) is 90.9 cm³/mol. The number of benzene rings is 1. The number of anilines is 1. The second-order valence-corrected chi connectivity index (χ2v) is 5.75. The molecule has 0 amide bonds. The molecule has 0 radical (unpaired) electrons. The molecule has 0 aliphatic rings. The summed E-state index contributed by atoms with van der Waals surface area (Å²) >= 11 is 12.2. The summed E-state index contributed by atoms with van der Waals surface area (Å²) in [5.74, 6) is 0. The molecule has 22 heavy (non-hydrogen) atoms. The van der Waals surface area contributed by atoms with Crippen LogP contribution in [-0.4, -0.2) is 9.97 Å². The van der Waals surface area contributed by atoms with Gasteiger partial charge in [0.1, 0.15) is 0 Å². The predicted octanol–water partition coefficient (Wildman–Crippen LogP) is 4.40. The lowest BCUT2D eigenvalue weighted by Crippen LogP contribution is -2.10. The van der Waals surface area contributed by atoms with Gasteiger partial charge in [-0.25, -0.2) is 0 Å². The number of aromatic amines is 1. The number of nitrogens with zero attached hydrogens (tertiary/aromatic N) is 1. The van der Waals surface area contributed by atoms with E-state index in [-0.39, 0.29) is 11.6 Å². The van der Waals surface area contributed by atoms with Crippen LogP contribution in [0.15, 0.2) is 47.5 Å². The molecule has 3 rings (SSSR count). The molecule has 2 N–H and O–H groups in total. The number of nitrogens with one attached hydrogen (secondary N) is 2. The van der Waals surface area contributed by atoms with Crippen molar-refractivity contribution in [1.82, 2.24) is 9.97 Å². The lowest BCUT2D eigenvalue weighted by molar-refractivity contribution is 0.840. The van der Waals surface area contributed by atoms with Crippen molar-refractivity contribution >= 4 is 39.7 Å². The van der Waals surface area contributed by atoms with Crippen LogP contribution in [-0.2, 0) is 0 Å². The van der Waals surface area contributed by atoms with Crippen LogP contribution in [0.4, 0.5) is 5.69 Å². The minimum atomic E-state index is -0.147. The summed E-state index contributed by atoms with van der Waals surface area (Å²) < 4.78 is 0. The van der Waals surface area contributed by atoms with Gasteiger partial charge in [0.15, 0.2) is 0 Å². The molecule has 1 atom stereocenters. The van der Waals surface area contributed by atoms with Crippen molar-refractivity contribution in [2.75, 3.05) is 5.32 Å². The zero-order valence-electron chi connectivity index (χ0n) is 11.7. The Kier molecular flexibility index (Phi) is 4.05. The van der Waals surface area contributed by atoms with Gasteiger partial charge in [0.05, 0.1) is 21.8 Å². The minimum Gasteiger partial charge on any atom is -0.377 e. The number of hydrogen-bond acceptors (Lipinski definition) is 3. The molecule has 1 aromatic carbocycles. The van der Waals surface area contributed by atoms with Crippen LogP contribution in [0.5, 0.6) is 0 Å². The van der Waals surface area contributed by atoms with Crippen molar-refractivity contribution in [3.63, 3.8) is 0 Å². The van der Waals surface area contributed by atoms with Gasteiger partial charge >= 0.3 is 0 Å². The zero-order valence-corrected chi connectivity index (χ0v) is 13.2. The molecule has 112 valence electrons. The van der Waals surface area contributed by atoms with Gasteiger partial charge in [-0.05, 0) is 36.6 Å². The third-order valence-corrected chi connectivity index (χ3v) is 4.25. The molecule has 2 aromatic heterocycles. The van der Waals surface area contributed by atoms with E-state index in [4.69, 9.17) is 23.2 Å². The number of aromatic nitrogens is 2. The molecule has 0 saturated heterocycles. The molecular formula is C16H13Cl2N3O. The number of H-pyrrole nitrogens is 1. The zero-order chi connectivity index (χ0) is 15.7. The third kappa shape index (κ3) is 2.80. The highest BCUT2D eigenvalue weighted by Crippen LogP contribution is 2.30. The van der Waals surface area contributed by atoms with E-state index >= 15 is 0 Å². The van der Waals surface area contributed by atoms with E-state index in [0.29, 0.717) is 21.1 Å². The van der Waals surface area contributed by atoms with Crippen molar-refractivity contribution in [2.24, 2.45) is 0 Å². The second-order valence-electron chi connectivity index (χ2n) is 4.97. The van der Waals surface area contributed by atoms with Gasteiger partial charge in [0.2, 0.25) is 0 Å². The van der Waals surface area contributed by atoms with Crippen molar-refractivity contribution in [3.8, 4) is 0 Å². The molecule has 2 heterocycles. The normalized spacial score (nSPS) is 12.3. The van der Waals surface area contributed by atoms with E-state index < -0.39 is 0 Å². The standard InChI is InChI=1S/C16H13Cl2N3O/c1-9(15-14(18)13(17)5-7-19-15)21-11-3-2-10-4-6-20-16(22)12(10)8-11/h2-9,21H,1H3,(H,20,22). The van der Waals surface area contributed by atoms with Gasteiger partial charge in [-0.2, -0.15) is 0 Å². The molecule has 0 saturated carbocycles. The van der Waals surface area contributed by atoms with Crippen LogP contribution in [0.2, 0.25) is 10.0 Å². The summed E-state index contributed by atoms with van der Waals surface area (Å²) in [6, 6.07) is 8.98. The number of rotatable bonds is 3. The highest BCUT2D eigenvalue weighted by atomic mass is 35.5. The third-order valence-electron chi connectivity index (χ3n) is 3.44. The van der Waals surface area contributed by atoms with Crippen molar-refractivity contribution in [1.29, 1.82) is 0 Å². The largest absolute Gasteiger partial charge is 0.377 e. The first-order valence-corrected chi connectivity index (χ1v) is 7.50. The number of halogens is 2. The highest BCUT2D eigenvalue weighted by Gasteiger charge is 2.13. The first kappa shape index (κ1) is 14.9. The van der Waals surface area contributed by atoms with Crippen LogP contribution >= 0.6 is 23.2 Å². The Hall–Kier alpha value is -2.04. The SMILES string of the molecule is CC(Nc1ccc2cc[nH]c(=O)c2c1)c1nccc(Cl)c1Cl. The van der Waals surface area contributed by atoms with Crippen molar-refractivity contribution < 1.29 is 0 Å². The molecule has 6 heteroatoms. The number of hydrogen-bond donors (Lipinski definition) is 2. The van der Waals surface area contributed by atoms with Gasteiger partial charge in [-0.1, -0.05) is 29.3 Å². The smallest absolute Gasteiger partial charge is 0.255 e. The van der Waals surface area contributed by atoms with E-state index in [1.54, 1.807) is 18.5 Å². The van der Waals surface area contributed by atoms with Crippen LogP contribution < -0.4 is 10.9 Å². The fourth-order valence-electron chi connectivity index (χ4n) is 2.33. The van der Waals surface area contributed by atoms with Gasteiger partial charge in [-0.3, -0.25) is 9.78 Å². The second kappa shape index (κ2) is 5.99. The molecular weight excluding hydrogens is 321 g/mol. The summed E-state index contributed by atoms with van der Waals surface area (Å²) in [5.41, 5.74) is 1.36. The fraction of sp³-hybridized carbons (Fsp3) is 0.125. The van der Waals surface area contributed by atoms with Gasteiger partial charge in [0, 0.05) is 23.5 Å². The monoisotopic (exact) mass is 333 g/mol. The van der Waals surface area contributed by atoms with E-state index in [1.165, 1.54) is 0 Å². The van der Waals surface area contributed by atoms with Gasteiger partial charge in [-0.15, -0.1) is 0 Å². The topological polar surface area (TPSA) is 57.8 Å². The first-order chi connectivity index (χ1) is 10.6. The average Bonchev–Trinajstić information content (AvgIpc) is 2.51. The number of fused-ring (bicyclic) bond motifs is 1. The molecule has 0 fully saturated rings. The Balaban J connectivity index is 1.94. The van der Waals surface area contributed by atoms with Crippen LogP contribution in [0, 0.1) is 0 Å². The minimum absolute atomic E-state index is 0.118. The van der Waals surface area contributed by atoms with E-state index in [0.717, 1.165) is 11.1 Å². The van der Waals surface area contributed by atoms with Crippen LogP contribution in [0.1, 0.15) is 18.7 Å². The Labute approximate surface area is 137 Å². The molecule has 4 nitrogen and oxygen atoms in total. The van der Waals surface area contributed by atoms with Gasteiger partial charge in [0.25, 0.3) is 5.56 Å². The molecule has 0 aliphatic carbocycles. The fourth-order valence-corrected chi connectivity index (χ4v) is 2.76. The van der Waals surface area contributed by atoms with Crippen LogP contribution in [0.3, 0.4) is 0 Å². The molecule has 0 spiro atoms. The Morgan fingerprint density at radius 1 is 1.23 bits per heavy atom. The quantitative estimate of drug-likeness (QED) is 0.746. The van der Waals surface area contributed by atoms with Gasteiger partial charge < -0.3 is 10.3 Å². The van der Waals surface area contributed by atoms with Crippen LogP contribution in [0.25, 0.3) is 10.8 Å². The Morgan fingerprint density at radius 2 is 2.05 bits per heavy atom. The summed E-state index contributed by atoms with van der Waals surface area (Å²) in [7, 11) is 0. The molecule has 0 aliphatic heterocycles. The summed E-state index contributed by atoms with van der Waals surface area (Å²) in [6.45, 7) is 1.93. The van der Waals surface area contributed by atoms with E-state index in [9.17, 15) is 4.79 Å². The average molecular weight is 334 g/mol. The maximum absolute atomic E-state index is 11.9. The van der Waals surface area contributed by atoms with E-state index in [1.807, 2.05) is 31.2 Å². The lowest BCUT2D eigenvalue weighted by atomic mass is 10.1. The molecule has 3 aromatic rings. The Morgan fingerprint density at radius 3 is 2.86 bits per heavy atom. The first-order valence-electron chi connectivity index (χ1n) is 6.74.